The van der Waals surface area contributed by atoms with Crippen molar-refractivity contribution in [2.24, 2.45) is 5.73 Å². The zero-order valence-electron chi connectivity index (χ0n) is 8.08. The Morgan fingerprint density at radius 3 is 2.92 bits per heavy atom. The Hall–Kier alpha value is -0.860. The molecule has 0 bridgehead atoms. The van der Waals surface area contributed by atoms with Crippen LogP contribution in [-0.4, -0.2) is 6.61 Å². The fourth-order valence-electron chi connectivity index (χ4n) is 1.99. The fourth-order valence-corrected chi connectivity index (χ4v) is 1.99. The van der Waals surface area contributed by atoms with Crippen molar-refractivity contribution in [3.63, 3.8) is 0 Å². The SMILES string of the molecule is Cc1cccc2c1[C@@H](N)CO[C@@H]2C. The molecule has 1 aromatic carbocycles. The Morgan fingerprint density at radius 2 is 2.23 bits per heavy atom. The zero-order chi connectivity index (χ0) is 9.42. The lowest BCUT2D eigenvalue weighted by Gasteiger charge is -2.29. The standard InChI is InChI=1S/C11H15NO/c1-7-4-3-5-9-8(2)13-6-10(12)11(7)9/h3-5,8,10H,6,12H2,1-2H3/t8-,10+/m1/s1. The van der Waals surface area contributed by atoms with E-state index in [-0.39, 0.29) is 12.1 Å². The minimum Gasteiger partial charge on any atom is -0.372 e. The van der Waals surface area contributed by atoms with Crippen LogP contribution in [-0.2, 0) is 4.74 Å². The van der Waals surface area contributed by atoms with E-state index in [1.165, 1.54) is 16.7 Å². The molecule has 1 aliphatic heterocycles. The molecular formula is C11H15NO. The van der Waals surface area contributed by atoms with Crippen LogP contribution in [0.25, 0.3) is 0 Å². The molecule has 0 unspecified atom stereocenters. The summed E-state index contributed by atoms with van der Waals surface area (Å²) in [6.07, 6.45) is 0.190. The number of hydrogen-bond acceptors (Lipinski definition) is 2. The van der Waals surface area contributed by atoms with Crippen LogP contribution in [0.15, 0.2) is 18.2 Å². The maximum atomic E-state index is 5.98. The third kappa shape index (κ3) is 1.36. The van der Waals surface area contributed by atoms with Gasteiger partial charge in [0.05, 0.1) is 18.8 Å². The molecule has 13 heavy (non-hydrogen) atoms. The number of benzene rings is 1. The molecule has 0 aromatic heterocycles. The molecule has 2 nitrogen and oxygen atoms in total. The summed E-state index contributed by atoms with van der Waals surface area (Å²) in [5, 5.41) is 0. The van der Waals surface area contributed by atoms with Gasteiger partial charge in [0.15, 0.2) is 0 Å². The molecule has 2 heteroatoms. The first kappa shape index (κ1) is 8.73. The zero-order valence-corrected chi connectivity index (χ0v) is 8.08. The first-order valence-corrected chi connectivity index (χ1v) is 4.66. The first-order valence-electron chi connectivity index (χ1n) is 4.66. The summed E-state index contributed by atoms with van der Waals surface area (Å²) in [6.45, 7) is 4.82. The molecule has 0 aliphatic carbocycles. The Balaban J connectivity index is 2.56. The molecule has 0 saturated carbocycles. The van der Waals surface area contributed by atoms with Crippen molar-refractivity contribution in [2.75, 3.05) is 6.61 Å². The van der Waals surface area contributed by atoms with E-state index in [2.05, 4.69) is 32.0 Å². The minimum atomic E-state index is 0.0485. The summed E-state index contributed by atoms with van der Waals surface area (Å²) < 4.78 is 5.55. The minimum absolute atomic E-state index is 0.0485. The van der Waals surface area contributed by atoms with Gasteiger partial charge in [0, 0.05) is 0 Å². The van der Waals surface area contributed by atoms with Crippen LogP contribution in [0.5, 0.6) is 0 Å². The van der Waals surface area contributed by atoms with E-state index in [0.29, 0.717) is 6.61 Å². The smallest absolute Gasteiger partial charge is 0.0801 e. The molecule has 0 spiro atoms. The van der Waals surface area contributed by atoms with E-state index in [0.717, 1.165) is 0 Å². The quantitative estimate of drug-likeness (QED) is 0.658. The van der Waals surface area contributed by atoms with Crippen molar-refractivity contribution in [2.45, 2.75) is 26.0 Å². The van der Waals surface area contributed by atoms with Gasteiger partial charge in [0.25, 0.3) is 0 Å². The predicted molar refractivity (Wildman–Crippen MR) is 52.5 cm³/mol. The number of hydrogen-bond donors (Lipinski definition) is 1. The third-order valence-electron chi connectivity index (χ3n) is 2.69. The summed E-state index contributed by atoms with van der Waals surface area (Å²) in [4.78, 5) is 0. The maximum absolute atomic E-state index is 5.98. The lowest BCUT2D eigenvalue weighted by molar-refractivity contribution is 0.0405. The molecule has 0 saturated heterocycles. The molecule has 2 rings (SSSR count). The maximum Gasteiger partial charge on any atom is 0.0801 e. The first-order chi connectivity index (χ1) is 6.20. The molecule has 2 atom stereocenters. The fraction of sp³-hybridized carbons (Fsp3) is 0.455. The van der Waals surface area contributed by atoms with Crippen molar-refractivity contribution in [1.29, 1.82) is 0 Å². The van der Waals surface area contributed by atoms with Crippen LogP contribution in [0.3, 0.4) is 0 Å². The molecule has 70 valence electrons. The normalized spacial score (nSPS) is 27.0. The van der Waals surface area contributed by atoms with Gasteiger partial charge in [-0.1, -0.05) is 18.2 Å². The van der Waals surface area contributed by atoms with Gasteiger partial charge in [-0.05, 0) is 30.5 Å². The highest BCUT2D eigenvalue weighted by molar-refractivity contribution is 5.39. The Morgan fingerprint density at radius 1 is 1.46 bits per heavy atom. The van der Waals surface area contributed by atoms with E-state index < -0.39 is 0 Å². The molecule has 2 N–H and O–H groups in total. The number of fused-ring (bicyclic) bond motifs is 1. The van der Waals surface area contributed by atoms with Crippen LogP contribution in [0.1, 0.15) is 35.8 Å². The van der Waals surface area contributed by atoms with Crippen molar-refractivity contribution >= 4 is 0 Å². The van der Waals surface area contributed by atoms with Gasteiger partial charge in [0.1, 0.15) is 0 Å². The van der Waals surface area contributed by atoms with E-state index in [9.17, 15) is 0 Å². The second-order valence-corrected chi connectivity index (χ2v) is 3.66. The third-order valence-corrected chi connectivity index (χ3v) is 2.69. The van der Waals surface area contributed by atoms with Gasteiger partial charge < -0.3 is 10.5 Å². The monoisotopic (exact) mass is 177 g/mol. The van der Waals surface area contributed by atoms with Crippen molar-refractivity contribution in [3.8, 4) is 0 Å². The summed E-state index contributed by atoms with van der Waals surface area (Å²) in [5.41, 5.74) is 9.79. The van der Waals surface area contributed by atoms with Crippen molar-refractivity contribution in [1.82, 2.24) is 0 Å². The van der Waals surface area contributed by atoms with E-state index >= 15 is 0 Å². The van der Waals surface area contributed by atoms with Gasteiger partial charge in [0.2, 0.25) is 0 Å². The topological polar surface area (TPSA) is 35.2 Å². The molecule has 1 aliphatic rings. The van der Waals surface area contributed by atoms with Gasteiger partial charge in [-0.15, -0.1) is 0 Å². The van der Waals surface area contributed by atoms with Crippen molar-refractivity contribution in [3.05, 3.63) is 34.9 Å². The predicted octanol–water partition coefficient (Wildman–Crippen LogP) is 2.09. The average molecular weight is 177 g/mol. The van der Waals surface area contributed by atoms with Gasteiger partial charge in [-0.2, -0.15) is 0 Å². The second-order valence-electron chi connectivity index (χ2n) is 3.66. The highest BCUT2D eigenvalue weighted by Crippen LogP contribution is 2.32. The largest absolute Gasteiger partial charge is 0.372 e. The van der Waals surface area contributed by atoms with Crippen LogP contribution in [0, 0.1) is 6.92 Å². The van der Waals surface area contributed by atoms with Crippen LogP contribution in [0.4, 0.5) is 0 Å². The van der Waals surface area contributed by atoms with Crippen LogP contribution < -0.4 is 5.73 Å². The Kier molecular flexibility index (Phi) is 2.10. The van der Waals surface area contributed by atoms with E-state index in [1.54, 1.807) is 0 Å². The molecule has 1 heterocycles. The number of nitrogens with two attached hydrogens (primary N) is 1. The van der Waals surface area contributed by atoms with E-state index in [4.69, 9.17) is 10.5 Å². The Labute approximate surface area is 78.7 Å². The van der Waals surface area contributed by atoms with Gasteiger partial charge in [-0.25, -0.2) is 0 Å². The number of ether oxygens (including phenoxy) is 1. The lowest BCUT2D eigenvalue weighted by atomic mass is 9.91. The van der Waals surface area contributed by atoms with Gasteiger partial charge in [-0.3, -0.25) is 0 Å². The molecule has 0 radical (unpaired) electrons. The highest BCUT2D eigenvalue weighted by atomic mass is 16.5. The lowest BCUT2D eigenvalue weighted by Crippen LogP contribution is -2.26. The summed E-state index contributed by atoms with van der Waals surface area (Å²) in [5.74, 6) is 0. The summed E-state index contributed by atoms with van der Waals surface area (Å²) in [7, 11) is 0. The summed E-state index contributed by atoms with van der Waals surface area (Å²) >= 11 is 0. The highest BCUT2D eigenvalue weighted by Gasteiger charge is 2.23. The van der Waals surface area contributed by atoms with Crippen molar-refractivity contribution < 1.29 is 4.74 Å². The van der Waals surface area contributed by atoms with Gasteiger partial charge >= 0.3 is 0 Å². The molecule has 0 fully saturated rings. The number of rotatable bonds is 0. The molecule has 0 amide bonds. The number of aryl methyl sites for hydroxylation is 1. The van der Waals surface area contributed by atoms with Crippen LogP contribution in [0.2, 0.25) is 0 Å². The summed E-state index contributed by atoms with van der Waals surface area (Å²) in [6, 6.07) is 6.32. The van der Waals surface area contributed by atoms with E-state index in [1.807, 2.05) is 0 Å². The molecular weight excluding hydrogens is 162 g/mol. The molecule has 1 aromatic rings. The Bertz CT molecular complexity index is 322. The second kappa shape index (κ2) is 3.13. The van der Waals surface area contributed by atoms with Crippen LogP contribution >= 0.6 is 0 Å². The average Bonchev–Trinajstić information content (AvgIpc) is 2.12.